The van der Waals surface area contributed by atoms with Gasteiger partial charge in [-0.3, -0.25) is 5.43 Å². The molecular weight excluding hydrogens is 350 g/mol. The van der Waals surface area contributed by atoms with Crippen LogP contribution < -0.4 is 5.43 Å². The number of nitrogens with zero attached hydrogens (tertiary/aromatic N) is 2. The first-order chi connectivity index (χ1) is 11.9. The predicted molar refractivity (Wildman–Crippen MR) is 109 cm³/mol. The molecule has 0 atom stereocenters. The molecule has 0 bridgehead atoms. The summed E-state index contributed by atoms with van der Waals surface area (Å²) in [4.78, 5) is 4.55. The number of aromatic nitrogens is 1. The number of halogens is 1. The van der Waals surface area contributed by atoms with Gasteiger partial charge in [0.2, 0.25) is 5.13 Å². The van der Waals surface area contributed by atoms with E-state index in [1.807, 2.05) is 41.8 Å². The average molecular weight is 370 g/mol. The molecule has 5 heteroatoms. The van der Waals surface area contributed by atoms with Gasteiger partial charge in [0.05, 0.1) is 11.9 Å². The Kier molecular flexibility index (Phi) is 5.21. The lowest BCUT2D eigenvalue weighted by atomic mass is 9.86. The summed E-state index contributed by atoms with van der Waals surface area (Å²) >= 11 is 7.80. The molecule has 0 aliphatic heterocycles. The third kappa shape index (κ3) is 4.47. The molecule has 1 heterocycles. The van der Waals surface area contributed by atoms with Crippen LogP contribution in [0.5, 0.6) is 0 Å². The van der Waals surface area contributed by atoms with Gasteiger partial charge in [-0.05, 0) is 23.1 Å². The van der Waals surface area contributed by atoms with Gasteiger partial charge in [-0.2, -0.15) is 5.10 Å². The molecule has 25 heavy (non-hydrogen) atoms. The van der Waals surface area contributed by atoms with Crippen LogP contribution in [0.3, 0.4) is 0 Å². The summed E-state index contributed by atoms with van der Waals surface area (Å²) in [7, 11) is 0. The number of hydrogen-bond donors (Lipinski definition) is 1. The van der Waals surface area contributed by atoms with E-state index in [-0.39, 0.29) is 5.41 Å². The highest BCUT2D eigenvalue weighted by molar-refractivity contribution is 7.14. The van der Waals surface area contributed by atoms with Crippen LogP contribution in [-0.4, -0.2) is 11.2 Å². The van der Waals surface area contributed by atoms with Gasteiger partial charge in [0.25, 0.3) is 0 Å². The predicted octanol–water partition coefficient (Wildman–Crippen LogP) is 6.21. The highest BCUT2D eigenvalue weighted by Crippen LogP contribution is 2.27. The third-order valence-corrected chi connectivity index (χ3v) is 4.89. The van der Waals surface area contributed by atoms with Crippen LogP contribution in [0.15, 0.2) is 59.0 Å². The smallest absolute Gasteiger partial charge is 0.203 e. The molecule has 0 unspecified atom stereocenters. The Labute approximate surface area is 157 Å². The van der Waals surface area contributed by atoms with Crippen molar-refractivity contribution in [1.29, 1.82) is 0 Å². The fourth-order valence-electron chi connectivity index (χ4n) is 2.33. The topological polar surface area (TPSA) is 37.3 Å². The van der Waals surface area contributed by atoms with Gasteiger partial charge in [-0.25, -0.2) is 4.98 Å². The van der Waals surface area contributed by atoms with Crippen molar-refractivity contribution < 1.29 is 0 Å². The number of nitrogens with one attached hydrogen (secondary N) is 1. The van der Waals surface area contributed by atoms with E-state index in [9.17, 15) is 0 Å². The highest BCUT2D eigenvalue weighted by Gasteiger charge is 2.14. The van der Waals surface area contributed by atoms with E-state index in [0.29, 0.717) is 5.02 Å². The Bertz CT molecular complexity index is 879. The minimum Gasteiger partial charge on any atom is -0.253 e. The Hall–Kier alpha value is -2.17. The van der Waals surface area contributed by atoms with Crippen LogP contribution >= 0.6 is 22.9 Å². The molecule has 2 aromatic carbocycles. The zero-order chi connectivity index (χ0) is 17.9. The number of hydrazone groups is 1. The minimum absolute atomic E-state index is 0.0699. The summed E-state index contributed by atoms with van der Waals surface area (Å²) in [6.45, 7) is 6.53. The van der Waals surface area contributed by atoms with Crippen LogP contribution in [0.2, 0.25) is 5.02 Å². The minimum atomic E-state index is 0.0699. The first-order valence-electron chi connectivity index (χ1n) is 8.03. The van der Waals surface area contributed by atoms with E-state index in [0.717, 1.165) is 22.0 Å². The molecule has 0 aliphatic rings. The van der Waals surface area contributed by atoms with Gasteiger partial charge in [0.1, 0.15) is 0 Å². The van der Waals surface area contributed by atoms with Crippen LogP contribution in [0.1, 0.15) is 31.9 Å². The second kappa shape index (κ2) is 7.38. The van der Waals surface area contributed by atoms with Gasteiger partial charge >= 0.3 is 0 Å². The molecule has 3 aromatic rings. The average Bonchev–Trinajstić information content (AvgIpc) is 3.05. The lowest BCUT2D eigenvalue weighted by Gasteiger charge is -2.19. The highest BCUT2D eigenvalue weighted by atomic mass is 35.5. The molecule has 3 nitrogen and oxygen atoms in total. The first kappa shape index (κ1) is 17.6. The quantitative estimate of drug-likeness (QED) is 0.438. The lowest BCUT2D eigenvalue weighted by Crippen LogP contribution is -2.11. The zero-order valence-electron chi connectivity index (χ0n) is 14.5. The van der Waals surface area contributed by atoms with Crippen molar-refractivity contribution in [3.8, 4) is 11.3 Å². The van der Waals surface area contributed by atoms with E-state index in [1.165, 1.54) is 16.9 Å². The van der Waals surface area contributed by atoms with Gasteiger partial charge in [0.15, 0.2) is 0 Å². The molecule has 0 spiro atoms. The van der Waals surface area contributed by atoms with Gasteiger partial charge in [0, 0.05) is 21.5 Å². The summed E-state index contributed by atoms with van der Waals surface area (Å²) in [5.41, 5.74) is 7.20. The van der Waals surface area contributed by atoms with Crippen molar-refractivity contribution >= 4 is 34.3 Å². The Balaban J connectivity index is 1.73. The normalized spacial score (nSPS) is 11.8. The van der Waals surface area contributed by atoms with Crippen LogP contribution in [0, 0.1) is 0 Å². The molecule has 1 aromatic heterocycles. The number of rotatable bonds is 4. The maximum atomic E-state index is 6.28. The maximum absolute atomic E-state index is 6.28. The van der Waals surface area contributed by atoms with Crippen molar-refractivity contribution in [2.45, 2.75) is 26.2 Å². The monoisotopic (exact) mass is 369 g/mol. The summed E-state index contributed by atoms with van der Waals surface area (Å²) in [6.07, 6.45) is 1.74. The summed E-state index contributed by atoms with van der Waals surface area (Å²) in [5, 5.41) is 7.74. The molecular formula is C20H20ClN3S. The molecule has 0 saturated carbocycles. The third-order valence-electron chi connectivity index (χ3n) is 3.80. The first-order valence-corrected chi connectivity index (χ1v) is 9.29. The summed E-state index contributed by atoms with van der Waals surface area (Å²) in [6, 6.07) is 16.1. The fourth-order valence-corrected chi connectivity index (χ4v) is 3.17. The second-order valence-corrected chi connectivity index (χ2v) is 8.03. The summed E-state index contributed by atoms with van der Waals surface area (Å²) in [5.74, 6) is 0. The van der Waals surface area contributed by atoms with E-state index in [2.05, 4.69) is 48.4 Å². The van der Waals surface area contributed by atoms with Gasteiger partial charge in [-0.1, -0.05) is 68.8 Å². The van der Waals surface area contributed by atoms with Gasteiger partial charge < -0.3 is 0 Å². The van der Waals surface area contributed by atoms with Crippen LogP contribution in [-0.2, 0) is 5.41 Å². The molecule has 0 aliphatic carbocycles. The van der Waals surface area contributed by atoms with Crippen molar-refractivity contribution in [3.05, 3.63) is 70.1 Å². The van der Waals surface area contributed by atoms with E-state index < -0.39 is 0 Å². The molecule has 1 N–H and O–H groups in total. The molecule has 128 valence electrons. The fraction of sp³-hybridized carbons (Fsp3) is 0.200. The number of benzene rings is 2. The van der Waals surface area contributed by atoms with Crippen LogP contribution in [0.25, 0.3) is 11.3 Å². The lowest BCUT2D eigenvalue weighted by molar-refractivity contribution is 0.590. The molecule has 3 rings (SSSR count). The molecule has 0 radical (unpaired) electrons. The second-order valence-electron chi connectivity index (χ2n) is 6.76. The maximum Gasteiger partial charge on any atom is 0.203 e. The molecule has 0 saturated heterocycles. The Morgan fingerprint density at radius 2 is 1.88 bits per heavy atom. The summed E-state index contributed by atoms with van der Waals surface area (Å²) < 4.78 is 0. The number of anilines is 1. The standard InChI is InChI=1S/C20H20ClN3S/c1-20(2,3)16-9-10-17(21)15(11-16)12-22-24-19-23-18(13-25-19)14-7-5-4-6-8-14/h4-13H,1-3H3,(H,23,24). The van der Waals surface area contributed by atoms with Crippen molar-refractivity contribution in [3.63, 3.8) is 0 Å². The van der Waals surface area contributed by atoms with Crippen LogP contribution in [0.4, 0.5) is 5.13 Å². The largest absolute Gasteiger partial charge is 0.253 e. The van der Waals surface area contributed by atoms with Gasteiger partial charge in [-0.15, -0.1) is 11.3 Å². The molecule has 0 amide bonds. The zero-order valence-corrected chi connectivity index (χ0v) is 16.0. The van der Waals surface area contributed by atoms with E-state index >= 15 is 0 Å². The number of hydrogen-bond acceptors (Lipinski definition) is 4. The SMILES string of the molecule is CC(C)(C)c1ccc(Cl)c(C=NNc2nc(-c3ccccc3)cs2)c1. The van der Waals surface area contributed by atoms with Crippen molar-refractivity contribution in [2.24, 2.45) is 5.10 Å². The van der Waals surface area contributed by atoms with E-state index in [4.69, 9.17) is 11.6 Å². The number of thiazole rings is 1. The molecule has 0 fully saturated rings. The van der Waals surface area contributed by atoms with Crippen molar-refractivity contribution in [1.82, 2.24) is 4.98 Å². The van der Waals surface area contributed by atoms with E-state index in [1.54, 1.807) is 6.21 Å². The van der Waals surface area contributed by atoms with Crippen molar-refractivity contribution in [2.75, 3.05) is 5.43 Å². The Morgan fingerprint density at radius 1 is 1.12 bits per heavy atom. The Morgan fingerprint density at radius 3 is 2.60 bits per heavy atom.